The summed E-state index contributed by atoms with van der Waals surface area (Å²) in [5.74, 6) is 0. The molecule has 90 valence electrons. The minimum atomic E-state index is 0.777. The van der Waals surface area contributed by atoms with Gasteiger partial charge in [0, 0.05) is 22.5 Å². The number of nitrogens with zero attached hydrogens (tertiary/aromatic N) is 1. The predicted octanol–water partition coefficient (Wildman–Crippen LogP) is 4.07. The van der Waals surface area contributed by atoms with Crippen molar-refractivity contribution in [1.29, 1.82) is 0 Å². The van der Waals surface area contributed by atoms with Crippen LogP contribution >= 0.6 is 11.6 Å². The second kappa shape index (κ2) is 4.71. The Morgan fingerprint density at radius 2 is 2.00 bits per heavy atom. The van der Waals surface area contributed by atoms with Crippen LogP contribution in [-0.2, 0) is 6.54 Å². The summed E-state index contributed by atoms with van der Waals surface area (Å²) in [6.07, 6.45) is 5.87. The smallest absolute Gasteiger partial charge is 0.134 e. The first-order valence-electron chi connectivity index (χ1n) is 6.21. The summed E-state index contributed by atoms with van der Waals surface area (Å²) in [5.41, 5.74) is 2.19. The van der Waals surface area contributed by atoms with Crippen molar-refractivity contribution >= 4 is 22.6 Å². The summed E-state index contributed by atoms with van der Waals surface area (Å²) in [6.45, 7) is 3.38. The van der Waals surface area contributed by atoms with Crippen LogP contribution in [0.25, 0.3) is 11.0 Å². The van der Waals surface area contributed by atoms with Crippen LogP contribution in [0.15, 0.2) is 28.9 Å². The summed E-state index contributed by atoms with van der Waals surface area (Å²) >= 11 is 6.04. The van der Waals surface area contributed by atoms with Gasteiger partial charge in [-0.25, -0.2) is 0 Å². The van der Waals surface area contributed by atoms with E-state index in [0.717, 1.165) is 22.5 Å². The first kappa shape index (κ1) is 11.1. The van der Waals surface area contributed by atoms with Gasteiger partial charge in [0.1, 0.15) is 5.58 Å². The van der Waals surface area contributed by atoms with Gasteiger partial charge >= 0.3 is 0 Å². The third kappa shape index (κ3) is 2.33. The third-order valence-corrected chi connectivity index (χ3v) is 3.69. The molecule has 0 bridgehead atoms. The molecule has 0 N–H and O–H groups in total. The van der Waals surface area contributed by atoms with E-state index in [2.05, 4.69) is 4.90 Å². The maximum Gasteiger partial charge on any atom is 0.134 e. The number of rotatable bonds is 2. The van der Waals surface area contributed by atoms with Gasteiger partial charge in [-0.15, -0.1) is 0 Å². The van der Waals surface area contributed by atoms with Gasteiger partial charge in [-0.2, -0.15) is 0 Å². The molecule has 2 aromatic rings. The van der Waals surface area contributed by atoms with Crippen LogP contribution in [0.5, 0.6) is 0 Å². The van der Waals surface area contributed by atoms with Crippen LogP contribution in [-0.4, -0.2) is 18.0 Å². The average molecular weight is 250 g/mol. The van der Waals surface area contributed by atoms with Gasteiger partial charge in [0.25, 0.3) is 0 Å². The number of likely N-dealkylation sites (tertiary alicyclic amines) is 1. The zero-order chi connectivity index (χ0) is 11.7. The Kier molecular flexibility index (Phi) is 3.08. The summed E-state index contributed by atoms with van der Waals surface area (Å²) < 4.78 is 5.56. The molecule has 0 amide bonds. The van der Waals surface area contributed by atoms with Crippen molar-refractivity contribution in [3.05, 3.63) is 35.0 Å². The van der Waals surface area contributed by atoms with E-state index in [9.17, 15) is 0 Å². The van der Waals surface area contributed by atoms with E-state index < -0.39 is 0 Å². The van der Waals surface area contributed by atoms with Crippen LogP contribution in [0.1, 0.15) is 24.8 Å². The first-order valence-corrected chi connectivity index (χ1v) is 6.59. The minimum Gasteiger partial charge on any atom is -0.464 e. The van der Waals surface area contributed by atoms with Crippen molar-refractivity contribution in [3.63, 3.8) is 0 Å². The maximum absolute atomic E-state index is 6.04. The lowest BCUT2D eigenvalue weighted by Gasteiger charge is -2.25. The molecule has 1 aromatic carbocycles. The fraction of sp³-hybridized carbons (Fsp3) is 0.429. The first-order chi connectivity index (χ1) is 8.33. The van der Waals surface area contributed by atoms with Crippen molar-refractivity contribution < 1.29 is 4.42 Å². The number of fused-ring (bicyclic) bond motifs is 1. The number of piperidine rings is 1. The van der Waals surface area contributed by atoms with Gasteiger partial charge in [0.15, 0.2) is 0 Å². The van der Waals surface area contributed by atoms with Gasteiger partial charge in [0.2, 0.25) is 0 Å². The Labute approximate surface area is 106 Å². The largest absolute Gasteiger partial charge is 0.464 e. The van der Waals surface area contributed by atoms with E-state index in [1.807, 2.05) is 24.5 Å². The molecule has 0 unspecified atom stereocenters. The number of furan rings is 1. The summed E-state index contributed by atoms with van der Waals surface area (Å²) in [4.78, 5) is 2.49. The molecule has 3 rings (SSSR count). The molecule has 3 heteroatoms. The average Bonchev–Trinajstić information content (AvgIpc) is 2.73. The fourth-order valence-corrected chi connectivity index (χ4v) is 2.71. The molecule has 2 heterocycles. The molecule has 1 aromatic heterocycles. The van der Waals surface area contributed by atoms with E-state index in [1.54, 1.807) is 0 Å². The molecule has 0 spiro atoms. The second-order valence-corrected chi connectivity index (χ2v) is 5.17. The number of hydrogen-bond donors (Lipinski definition) is 0. The quantitative estimate of drug-likeness (QED) is 0.798. The highest BCUT2D eigenvalue weighted by Crippen LogP contribution is 2.26. The van der Waals surface area contributed by atoms with E-state index >= 15 is 0 Å². The van der Waals surface area contributed by atoms with Gasteiger partial charge in [-0.1, -0.05) is 18.0 Å². The van der Waals surface area contributed by atoms with Gasteiger partial charge in [0.05, 0.1) is 6.26 Å². The van der Waals surface area contributed by atoms with Crippen molar-refractivity contribution in [2.75, 3.05) is 13.1 Å². The molecular weight excluding hydrogens is 234 g/mol. The molecule has 0 radical (unpaired) electrons. The minimum absolute atomic E-state index is 0.777. The van der Waals surface area contributed by atoms with Gasteiger partial charge in [-0.3, -0.25) is 4.90 Å². The Bertz CT molecular complexity index is 514. The van der Waals surface area contributed by atoms with E-state index in [4.69, 9.17) is 16.0 Å². The molecule has 1 saturated heterocycles. The lowest BCUT2D eigenvalue weighted by molar-refractivity contribution is 0.221. The van der Waals surface area contributed by atoms with Crippen LogP contribution in [0.4, 0.5) is 0 Å². The second-order valence-electron chi connectivity index (χ2n) is 4.74. The van der Waals surface area contributed by atoms with Crippen molar-refractivity contribution in [2.24, 2.45) is 0 Å². The Hall–Kier alpha value is -0.990. The lowest BCUT2D eigenvalue weighted by Crippen LogP contribution is -2.28. The van der Waals surface area contributed by atoms with Crippen LogP contribution in [0, 0.1) is 0 Å². The van der Waals surface area contributed by atoms with Crippen LogP contribution < -0.4 is 0 Å². The SMILES string of the molecule is Clc1ccc2occ(CN3CCCCC3)c2c1. The van der Waals surface area contributed by atoms with Crippen molar-refractivity contribution in [1.82, 2.24) is 4.90 Å². The van der Waals surface area contributed by atoms with Gasteiger partial charge in [-0.05, 0) is 44.1 Å². The zero-order valence-electron chi connectivity index (χ0n) is 9.79. The van der Waals surface area contributed by atoms with Crippen LogP contribution in [0.2, 0.25) is 5.02 Å². The highest BCUT2D eigenvalue weighted by atomic mass is 35.5. The molecular formula is C14H16ClNO. The van der Waals surface area contributed by atoms with E-state index in [1.165, 1.54) is 37.9 Å². The summed E-state index contributed by atoms with van der Waals surface area (Å²) in [5, 5.41) is 1.93. The molecule has 2 nitrogen and oxygen atoms in total. The molecule has 17 heavy (non-hydrogen) atoms. The summed E-state index contributed by atoms with van der Waals surface area (Å²) in [7, 11) is 0. The lowest BCUT2D eigenvalue weighted by atomic mass is 10.1. The Morgan fingerprint density at radius 3 is 2.82 bits per heavy atom. The highest BCUT2D eigenvalue weighted by molar-refractivity contribution is 6.31. The molecule has 0 aliphatic carbocycles. The van der Waals surface area contributed by atoms with E-state index in [-0.39, 0.29) is 0 Å². The Morgan fingerprint density at radius 1 is 1.18 bits per heavy atom. The predicted molar refractivity (Wildman–Crippen MR) is 70.4 cm³/mol. The molecule has 0 saturated carbocycles. The van der Waals surface area contributed by atoms with E-state index in [0.29, 0.717) is 0 Å². The molecule has 1 aliphatic heterocycles. The fourth-order valence-electron chi connectivity index (χ4n) is 2.53. The molecule has 0 atom stereocenters. The molecule has 1 fully saturated rings. The number of benzene rings is 1. The van der Waals surface area contributed by atoms with Crippen LogP contribution in [0.3, 0.4) is 0 Å². The maximum atomic E-state index is 6.04. The Balaban J connectivity index is 1.86. The normalized spacial score (nSPS) is 17.7. The van der Waals surface area contributed by atoms with Gasteiger partial charge < -0.3 is 4.42 Å². The highest BCUT2D eigenvalue weighted by Gasteiger charge is 2.13. The van der Waals surface area contributed by atoms with Crippen molar-refractivity contribution in [3.8, 4) is 0 Å². The zero-order valence-corrected chi connectivity index (χ0v) is 10.5. The topological polar surface area (TPSA) is 16.4 Å². The third-order valence-electron chi connectivity index (χ3n) is 3.46. The monoisotopic (exact) mass is 249 g/mol. The standard InChI is InChI=1S/C14H16ClNO/c15-12-4-5-14-13(8-12)11(10-17-14)9-16-6-2-1-3-7-16/h4-5,8,10H,1-3,6-7,9H2. The number of halogens is 1. The summed E-state index contributed by atoms with van der Waals surface area (Å²) in [6, 6.07) is 5.81. The number of hydrogen-bond acceptors (Lipinski definition) is 2. The molecule has 1 aliphatic rings. The van der Waals surface area contributed by atoms with Crippen molar-refractivity contribution in [2.45, 2.75) is 25.8 Å².